The van der Waals surface area contributed by atoms with Crippen LogP contribution in [-0.4, -0.2) is 49.0 Å². The number of rotatable bonds is 5. The molecular formula is C15H24N4O. The van der Waals surface area contributed by atoms with Crippen LogP contribution in [0.25, 0.3) is 0 Å². The Bertz CT molecular complexity index is 441. The summed E-state index contributed by atoms with van der Waals surface area (Å²) >= 11 is 0. The predicted octanol–water partition coefficient (Wildman–Crippen LogP) is 1.58. The van der Waals surface area contributed by atoms with Crippen LogP contribution in [0, 0.1) is 5.92 Å². The number of nitrogens with one attached hydrogen (secondary N) is 2. The Morgan fingerprint density at radius 1 is 1.45 bits per heavy atom. The van der Waals surface area contributed by atoms with Gasteiger partial charge in [-0.05, 0) is 58.0 Å². The number of hydrogen-bond donors (Lipinski definition) is 2. The third kappa shape index (κ3) is 4.20. The third-order valence-electron chi connectivity index (χ3n) is 3.76. The largest absolute Gasteiger partial charge is 0.385 e. The van der Waals surface area contributed by atoms with E-state index in [9.17, 15) is 4.79 Å². The van der Waals surface area contributed by atoms with E-state index in [2.05, 4.69) is 27.6 Å². The molecule has 5 nitrogen and oxygen atoms in total. The highest BCUT2D eigenvalue weighted by atomic mass is 16.1. The van der Waals surface area contributed by atoms with Crippen LogP contribution in [0.3, 0.4) is 0 Å². The Morgan fingerprint density at radius 2 is 2.20 bits per heavy atom. The van der Waals surface area contributed by atoms with Crippen LogP contribution in [0.2, 0.25) is 0 Å². The first-order valence-corrected chi connectivity index (χ1v) is 7.35. The second-order valence-corrected chi connectivity index (χ2v) is 5.42. The zero-order valence-corrected chi connectivity index (χ0v) is 12.4. The van der Waals surface area contributed by atoms with E-state index in [1.165, 1.54) is 0 Å². The molecule has 0 aliphatic carbocycles. The fourth-order valence-corrected chi connectivity index (χ4v) is 2.46. The van der Waals surface area contributed by atoms with E-state index in [0.29, 0.717) is 11.6 Å². The first kappa shape index (κ1) is 14.8. The minimum absolute atomic E-state index is 0.0799. The molecule has 0 radical (unpaired) electrons. The number of piperidine rings is 1. The van der Waals surface area contributed by atoms with Crippen molar-refractivity contribution < 1.29 is 4.79 Å². The summed E-state index contributed by atoms with van der Waals surface area (Å²) in [4.78, 5) is 18.6. The lowest BCUT2D eigenvalue weighted by molar-refractivity contribution is 0.0934. The molecule has 2 rings (SSSR count). The summed E-state index contributed by atoms with van der Waals surface area (Å²) in [6.07, 6.45) is 3.98. The van der Waals surface area contributed by atoms with Gasteiger partial charge in [0, 0.05) is 25.0 Å². The van der Waals surface area contributed by atoms with Crippen molar-refractivity contribution in [2.45, 2.75) is 19.8 Å². The minimum Gasteiger partial charge on any atom is -0.385 e. The van der Waals surface area contributed by atoms with Crippen LogP contribution in [0.4, 0.5) is 5.69 Å². The molecule has 20 heavy (non-hydrogen) atoms. The lowest BCUT2D eigenvalue weighted by Crippen LogP contribution is -2.37. The van der Waals surface area contributed by atoms with E-state index in [0.717, 1.165) is 44.7 Å². The Hall–Kier alpha value is -1.62. The van der Waals surface area contributed by atoms with E-state index >= 15 is 0 Å². The number of carbonyl (C=O) groups is 1. The van der Waals surface area contributed by atoms with Crippen LogP contribution in [0.15, 0.2) is 18.3 Å². The summed E-state index contributed by atoms with van der Waals surface area (Å²) in [5, 5.41) is 6.19. The first-order valence-electron chi connectivity index (χ1n) is 7.35. The Morgan fingerprint density at radius 3 is 2.90 bits per heavy atom. The molecule has 0 spiro atoms. The summed E-state index contributed by atoms with van der Waals surface area (Å²) in [6.45, 7) is 5.85. The van der Waals surface area contributed by atoms with Gasteiger partial charge < -0.3 is 15.5 Å². The van der Waals surface area contributed by atoms with E-state index in [-0.39, 0.29) is 5.91 Å². The number of hydrogen-bond acceptors (Lipinski definition) is 4. The zero-order valence-electron chi connectivity index (χ0n) is 12.4. The number of nitrogens with zero attached hydrogens (tertiary/aromatic N) is 2. The second-order valence-electron chi connectivity index (χ2n) is 5.42. The molecule has 2 N–H and O–H groups in total. The monoisotopic (exact) mass is 276 g/mol. The quantitative estimate of drug-likeness (QED) is 0.857. The third-order valence-corrected chi connectivity index (χ3v) is 3.76. The van der Waals surface area contributed by atoms with Crippen molar-refractivity contribution in [3.8, 4) is 0 Å². The van der Waals surface area contributed by atoms with Gasteiger partial charge in [0.15, 0.2) is 0 Å². The molecule has 110 valence electrons. The summed E-state index contributed by atoms with van der Waals surface area (Å²) < 4.78 is 0. The van der Waals surface area contributed by atoms with Crippen molar-refractivity contribution in [2.24, 2.45) is 5.92 Å². The van der Waals surface area contributed by atoms with Crippen molar-refractivity contribution in [3.63, 3.8) is 0 Å². The molecule has 2 heterocycles. The lowest BCUT2D eigenvalue weighted by Gasteiger charge is -2.28. The molecule has 0 saturated carbocycles. The molecule has 1 aromatic heterocycles. The highest BCUT2D eigenvalue weighted by molar-refractivity contribution is 5.93. The molecular weight excluding hydrogens is 252 g/mol. The average Bonchev–Trinajstić information content (AvgIpc) is 2.47. The summed E-state index contributed by atoms with van der Waals surface area (Å²) in [7, 11) is 2.14. The van der Waals surface area contributed by atoms with Crippen LogP contribution in [0.5, 0.6) is 0 Å². The zero-order chi connectivity index (χ0) is 14.4. The average molecular weight is 276 g/mol. The first-order chi connectivity index (χ1) is 9.69. The van der Waals surface area contributed by atoms with Crippen molar-refractivity contribution in [1.82, 2.24) is 15.2 Å². The molecule has 1 amide bonds. The van der Waals surface area contributed by atoms with Gasteiger partial charge in [-0.1, -0.05) is 0 Å². The van der Waals surface area contributed by atoms with Crippen LogP contribution in [0.1, 0.15) is 30.3 Å². The lowest BCUT2D eigenvalue weighted by atomic mass is 9.97. The topological polar surface area (TPSA) is 57.3 Å². The summed E-state index contributed by atoms with van der Waals surface area (Å²) in [5.41, 5.74) is 1.42. The number of carbonyl (C=O) groups excluding carboxylic acids is 1. The standard InChI is InChI=1S/C15H24N4O/c1-3-16-13-4-7-17-14(10-13)15(20)18-11-12-5-8-19(2)9-6-12/h4,7,10,12H,3,5-6,8-9,11H2,1-2H3,(H,16,17)(H,18,20). The molecule has 1 saturated heterocycles. The van der Waals surface area contributed by atoms with E-state index in [1.54, 1.807) is 12.3 Å². The van der Waals surface area contributed by atoms with Gasteiger partial charge in [0.1, 0.15) is 5.69 Å². The molecule has 0 unspecified atom stereocenters. The van der Waals surface area contributed by atoms with E-state index < -0.39 is 0 Å². The highest BCUT2D eigenvalue weighted by Gasteiger charge is 2.17. The van der Waals surface area contributed by atoms with E-state index in [4.69, 9.17) is 0 Å². The van der Waals surface area contributed by atoms with Gasteiger partial charge in [-0.15, -0.1) is 0 Å². The second kappa shape index (κ2) is 7.24. The van der Waals surface area contributed by atoms with Gasteiger partial charge in [0.2, 0.25) is 0 Å². The molecule has 5 heteroatoms. The number of aromatic nitrogens is 1. The van der Waals surface area contributed by atoms with Gasteiger partial charge in [0.05, 0.1) is 0 Å². The Balaban J connectivity index is 1.83. The summed E-state index contributed by atoms with van der Waals surface area (Å²) in [6, 6.07) is 3.67. The van der Waals surface area contributed by atoms with E-state index in [1.807, 2.05) is 13.0 Å². The predicted molar refractivity (Wildman–Crippen MR) is 81.0 cm³/mol. The number of pyridine rings is 1. The fourth-order valence-electron chi connectivity index (χ4n) is 2.46. The van der Waals surface area contributed by atoms with Gasteiger partial charge in [-0.25, -0.2) is 0 Å². The van der Waals surface area contributed by atoms with Crippen LogP contribution < -0.4 is 10.6 Å². The number of anilines is 1. The van der Waals surface area contributed by atoms with Crippen molar-refractivity contribution >= 4 is 11.6 Å². The number of likely N-dealkylation sites (tertiary alicyclic amines) is 1. The maximum absolute atomic E-state index is 12.1. The van der Waals surface area contributed by atoms with Crippen LogP contribution in [-0.2, 0) is 0 Å². The SMILES string of the molecule is CCNc1ccnc(C(=O)NCC2CCN(C)CC2)c1. The van der Waals surface area contributed by atoms with Gasteiger partial charge in [0.25, 0.3) is 5.91 Å². The van der Waals surface area contributed by atoms with Gasteiger partial charge in [-0.3, -0.25) is 9.78 Å². The molecule has 0 bridgehead atoms. The van der Waals surface area contributed by atoms with Gasteiger partial charge >= 0.3 is 0 Å². The fraction of sp³-hybridized carbons (Fsp3) is 0.600. The van der Waals surface area contributed by atoms with Crippen molar-refractivity contribution in [1.29, 1.82) is 0 Å². The minimum atomic E-state index is -0.0799. The maximum atomic E-state index is 12.1. The normalized spacial score (nSPS) is 16.9. The van der Waals surface area contributed by atoms with Crippen molar-refractivity contribution in [3.05, 3.63) is 24.0 Å². The highest BCUT2D eigenvalue weighted by Crippen LogP contribution is 2.15. The number of amides is 1. The smallest absolute Gasteiger partial charge is 0.269 e. The Kier molecular flexibility index (Phi) is 5.35. The molecule has 0 atom stereocenters. The molecule has 1 aliphatic rings. The van der Waals surface area contributed by atoms with Crippen molar-refractivity contribution in [2.75, 3.05) is 38.5 Å². The van der Waals surface area contributed by atoms with Gasteiger partial charge in [-0.2, -0.15) is 0 Å². The van der Waals surface area contributed by atoms with Crippen LogP contribution >= 0.6 is 0 Å². The summed E-state index contributed by atoms with van der Waals surface area (Å²) in [5.74, 6) is 0.510. The molecule has 0 aromatic carbocycles. The maximum Gasteiger partial charge on any atom is 0.269 e. The Labute approximate surface area is 120 Å². The molecule has 1 aromatic rings. The molecule has 1 fully saturated rings. The molecule has 1 aliphatic heterocycles.